The molecule has 27 heavy (non-hydrogen) atoms. The fourth-order valence-corrected chi connectivity index (χ4v) is 3.16. The van der Waals surface area contributed by atoms with Crippen molar-refractivity contribution in [2.45, 2.75) is 46.3 Å². The second kappa shape index (κ2) is 8.20. The van der Waals surface area contributed by atoms with Gasteiger partial charge in [0.15, 0.2) is 5.82 Å². The van der Waals surface area contributed by atoms with Gasteiger partial charge < -0.3 is 19.6 Å². The topological polar surface area (TPSA) is 91.6 Å². The van der Waals surface area contributed by atoms with E-state index in [-0.39, 0.29) is 18.5 Å². The number of amides is 3. The number of carbonyl (C=O) groups is 2. The zero-order valence-corrected chi connectivity index (χ0v) is 15.9. The van der Waals surface area contributed by atoms with Crippen LogP contribution in [0, 0.1) is 6.92 Å². The number of aromatic nitrogens is 2. The van der Waals surface area contributed by atoms with Gasteiger partial charge in [-0.1, -0.05) is 41.9 Å². The fraction of sp³-hybridized carbons (Fsp3) is 0.474. The van der Waals surface area contributed by atoms with Crippen LogP contribution < -0.4 is 5.32 Å². The third-order valence-corrected chi connectivity index (χ3v) is 4.67. The highest BCUT2D eigenvalue weighted by Gasteiger charge is 2.34. The molecule has 144 valence electrons. The van der Waals surface area contributed by atoms with E-state index in [1.807, 2.05) is 32.0 Å². The molecular weight excluding hydrogens is 346 g/mol. The van der Waals surface area contributed by atoms with Gasteiger partial charge in [0.1, 0.15) is 6.04 Å². The number of aryl methyl sites for hydroxylation is 2. The summed E-state index contributed by atoms with van der Waals surface area (Å²) < 4.78 is 5.02. The van der Waals surface area contributed by atoms with Crippen LogP contribution in [0.2, 0.25) is 0 Å². The Hall–Kier alpha value is -2.90. The van der Waals surface area contributed by atoms with E-state index in [4.69, 9.17) is 4.52 Å². The van der Waals surface area contributed by atoms with Crippen LogP contribution in [0.25, 0.3) is 0 Å². The third-order valence-electron chi connectivity index (χ3n) is 4.67. The number of urea groups is 1. The van der Waals surface area contributed by atoms with E-state index < -0.39 is 6.04 Å². The first-order valence-electron chi connectivity index (χ1n) is 9.18. The Balaban J connectivity index is 1.56. The molecule has 1 atom stereocenters. The Morgan fingerprint density at radius 2 is 2.19 bits per heavy atom. The molecule has 1 N–H and O–H groups in total. The normalized spacial score (nSPS) is 17.3. The Labute approximate surface area is 158 Å². The monoisotopic (exact) mass is 371 g/mol. The zero-order chi connectivity index (χ0) is 19.4. The van der Waals surface area contributed by atoms with E-state index in [1.165, 1.54) is 5.56 Å². The first-order valence-corrected chi connectivity index (χ1v) is 9.18. The molecule has 0 bridgehead atoms. The predicted octanol–water partition coefficient (Wildman–Crippen LogP) is 1.88. The Kier molecular flexibility index (Phi) is 5.73. The zero-order valence-electron chi connectivity index (χ0n) is 15.9. The van der Waals surface area contributed by atoms with Crippen molar-refractivity contribution in [1.82, 2.24) is 25.3 Å². The maximum Gasteiger partial charge on any atom is 0.318 e. The maximum atomic E-state index is 12.7. The Bertz CT molecular complexity index is 819. The number of hydrogen-bond acceptors (Lipinski definition) is 5. The molecule has 0 aliphatic carbocycles. The van der Waals surface area contributed by atoms with E-state index in [2.05, 4.69) is 21.5 Å². The largest absolute Gasteiger partial charge is 0.339 e. The van der Waals surface area contributed by atoms with Crippen molar-refractivity contribution in [2.75, 3.05) is 13.1 Å². The summed E-state index contributed by atoms with van der Waals surface area (Å²) in [5, 5.41) is 6.57. The van der Waals surface area contributed by atoms with Crippen molar-refractivity contribution >= 4 is 11.9 Å². The minimum Gasteiger partial charge on any atom is -0.339 e. The molecule has 3 rings (SSSR count). The van der Waals surface area contributed by atoms with Gasteiger partial charge in [-0.15, -0.1) is 0 Å². The SMILES string of the molecule is CCc1nc(CNC(=O)N2CCN(Cc3cccc(C)c3)C(=O)[C@H]2C)no1. The lowest BCUT2D eigenvalue weighted by molar-refractivity contribution is -0.139. The number of hydrogen-bond donors (Lipinski definition) is 1. The molecule has 0 saturated carbocycles. The first-order chi connectivity index (χ1) is 13.0. The van der Waals surface area contributed by atoms with Crippen LogP contribution >= 0.6 is 0 Å². The average molecular weight is 371 g/mol. The summed E-state index contributed by atoms with van der Waals surface area (Å²) >= 11 is 0. The van der Waals surface area contributed by atoms with E-state index in [0.717, 1.165) is 5.56 Å². The van der Waals surface area contributed by atoms with Gasteiger partial charge in [0.2, 0.25) is 11.8 Å². The molecule has 1 saturated heterocycles. The van der Waals surface area contributed by atoms with Gasteiger partial charge in [-0.25, -0.2) is 4.79 Å². The van der Waals surface area contributed by atoms with Crippen LogP contribution in [0.1, 0.15) is 36.7 Å². The minimum atomic E-state index is -0.514. The minimum absolute atomic E-state index is 0.0502. The second-order valence-electron chi connectivity index (χ2n) is 6.73. The van der Waals surface area contributed by atoms with Gasteiger partial charge in [0.25, 0.3) is 0 Å². The van der Waals surface area contributed by atoms with Crippen molar-refractivity contribution in [3.8, 4) is 0 Å². The molecule has 2 heterocycles. The van der Waals surface area contributed by atoms with Crippen LogP contribution in [-0.4, -0.2) is 51.0 Å². The number of piperazine rings is 1. The molecule has 1 fully saturated rings. The molecule has 1 aliphatic heterocycles. The summed E-state index contributed by atoms with van der Waals surface area (Å²) in [6, 6.07) is 7.30. The summed E-state index contributed by atoms with van der Waals surface area (Å²) in [5.41, 5.74) is 2.26. The lowest BCUT2D eigenvalue weighted by Crippen LogP contribution is -2.59. The summed E-state index contributed by atoms with van der Waals surface area (Å²) in [5.74, 6) is 0.913. The van der Waals surface area contributed by atoms with Crippen LogP contribution in [0.15, 0.2) is 28.8 Å². The molecule has 1 aliphatic rings. The van der Waals surface area contributed by atoms with Gasteiger partial charge in [-0.2, -0.15) is 4.98 Å². The molecule has 8 nitrogen and oxygen atoms in total. The molecule has 0 unspecified atom stereocenters. The van der Waals surface area contributed by atoms with Crippen molar-refractivity contribution in [2.24, 2.45) is 0 Å². The van der Waals surface area contributed by atoms with E-state index in [9.17, 15) is 9.59 Å². The lowest BCUT2D eigenvalue weighted by atomic mass is 10.1. The lowest BCUT2D eigenvalue weighted by Gasteiger charge is -2.39. The van der Waals surface area contributed by atoms with Crippen LogP contribution in [0.3, 0.4) is 0 Å². The molecule has 3 amide bonds. The smallest absolute Gasteiger partial charge is 0.318 e. The van der Waals surface area contributed by atoms with Crippen molar-refractivity contribution in [3.05, 3.63) is 47.1 Å². The van der Waals surface area contributed by atoms with Crippen LogP contribution in [0.4, 0.5) is 4.79 Å². The van der Waals surface area contributed by atoms with Crippen molar-refractivity contribution in [1.29, 1.82) is 0 Å². The van der Waals surface area contributed by atoms with Crippen LogP contribution in [-0.2, 0) is 24.3 Å². The van der Waals surface area contributed by atoms with Crippen molar-refractivity contribution < 1.29 is 14.1 Å². The quantitative estimate of drug-likeness (QED) is 0.866. The number of carbonyl (C=O) groups excluding carboxylic acids is 2. The second-order valence-corrected chi connectivity index (χ2v) is 6.73. The summed E-state index contributed by atoms with van der Waals surface area (Å²) in [6.45, 7) is 7.43. The number of nitrogens with zero attached hydrogens (tertiary/aromatic N) is 4. The third kappa shape index (κ3) is 4.45. The number of benzene rings is 1. The van der Waals surface area contributed by atoms with Crippen LogP contribution in [0.5, 0.6) is 0 Å². The standard InChI is InChI=1S/C19H25N5O3/c1-4-17-21-16(22-27-17)11-20-19(26)24-9-8-23(18(25)14(24)3)12-15-7-5-6-13(2)10-15/h5-7,10,14H,4,8-9,11-12H2,1-3H3,(H,20,26)/t14-/m1/s1. The molecule has 8 heteroatoms. The van der Waals surface area contributed by atoms with Gasteiger partial charge >= 0.3 is 6.03 Å². The van der Waals surface area contributed by atoms with E-state index >= 15 is 0 Å². The number of rotatable bonds is 5. The Morgan fingerprint density at radius 1 is 1.37 bits per heavy atom. The maximum absolute atomic E-state index is 12.7. The highest BCUT2D eigenvalue weighted by Crippen LogP contribution is 2.15. The van der Waals surface area contributed by atoms with Gasteiger partial charge in [-0.05, 0) is 19.4 Å². The molecule has 1 aromatic heterocycles. The summed E-state index contributed by atoms with van der Waals surface area (Å²) in [6.07, 6.45) is 0.648. The van der Waals surface area contributed by atoms with E-state index in [0.29, 0.717) is 37.8 Å². The first kappa shape index (κ1) is 18.9. The Morgan fingerprint density at radius 3 is 2.89 bits per heavy atom. The fourth-order valence-electron chi connectivity index (χ4n) is 3.16. The summed E-state index contributed by atoms with van der Waals surface area (Å²) in [4.78, 5) is 32.7. The van der Waals surface area contributed by atoms with Gasteiger partial charge in [-0.3, -0.25) is 4.79 Å². The predicted molar refractivity (Wildman–Crippen MR) is 98.7 cm³/mol. The molecule has 2 aromatic rings. The molecule has 0 spiro atoms. The molecule has 0 radical (unpaired) electrons. The average Bonchev–Trinajstić information content (AvgIpc) is 3.12. The highest BCUT2D eigenvalue weighted by molar-refractivity contribution is 5.88. The number of nitrogens with one attached hydrogen (secondary N) is 1. The molecule has 1 aromatic carbocycles. The van der Waals surface area contributed by atoms with Gasteiger partial charge in [0.05, 0.1) is 6.54 Å². The van der Waals surface area contributed by atoms with E-state index in [1.54, 1.807) is 16.7 Å². The summed E-state index contributed by atoms with van der Waals surface area (Å²) in [7, 11) is 0. The highest BCUT2D eigenvalue weighted by atomic mass is 16.5. The molecular formula is C19H25N5O3. The van der Waals surface area contributed by atoms with Gasteiger partial charge in [0, 0.05) is 26.1 Å². The van der Waals surface area contributed by atoms with Crippen molar-refractivity contribution in [3.63, 3.8) is 0 Å².